The van der Waals surface area contributed by atoms with Crippen molar-refractivity contribution in [3.05, 3.63) is 94.4 Å². The summed E-state index contributed by atoms with van der Waals surface area (Å²) in [6, 6.07) is 21.2. The fraction of sp³-hybridized carbons (Fsp3) is 0.167. The quantitative estimate of drug-likeness (QED) is 0.410. The fourth-order valence-electron chi connectivity index (χ4n) is 3.78. The van der Waals surface area contributed by atoms with E-state index in [0.29, 0.717) is 21.7 Å². The number of ketones is 1. The minimum absolute atomic E-state index is 0.0429. The van der Waals surface area contributed by atoms with Crippen LogP contribution in [0.1, 0.15) is 33.8 Å². The first kappa shape index (κ1) is 21.2. The van der Waals surface area contributed by atoms with E-state index in [1.807, 2.05) is 6.07 Å². The number of hydrogen-bond acceptors (Lipinski definition) is 7. The molecule has 3 aromatic rings. The normalized spacial score (nSPS) is 19.3. The Balaban J connectivity index is 1.79. The minimum atomic E-state index is -1.69. The van der Waals surface area contributed by atoms with Crippen LogP contribution in [0.5, 0.6) is 0 Å². The van der Waals surface area contributed by atoms with Gasteiger partial charge in [-0.1, -0.05) is 0 Å². The summed E-state index contributed by atoms with van der Waals surface area (Å²) in [4.78, 5) is 12.7. The molecule has 0 spiro atoms. The van der Waals surface area contributed by atoms with Crippen molar-refractivity contribution >= 4 is 20.7 Å². The monoisotopic (exact) mass is 488 g/mol. The zero-order chi connectivity index (χ0) is 22.6. The molecule has 0 fully saturated rings. The number of rotatable bonds is 6. The number of nitrogens with one attached hydrogen (secondary N) is 1. The molecular formula is C24H16N4O3Se. The number of carbonyl (C=O) groups is 1. The summed E-state index contributed by atoms with van der Waals surface area (Å²) < 4.78 is 11.7. The fourth-order valence-corrected chi connectivity index (χ4v) is 5.80. The van der Waals surface area contributed by atoms with Crippen LogP contribution in [0.4, 0.5) is 0 Å². The van der Waals surface area contributed by atoms with Gasteiger partial charge in [0, 0.05) is 0 Å². The van der Waals surface area contributed by atoms with Gasteiger partial charge in [0.05, 0.1) is 0 Å². The van der Waals surface area contributed by atoms with Crippen LogP contribution < -0.4 is 5.32 Å². The number of allylic oxidation sites excluding steroid dienone is 1. The van der Waals surface area contributed by atoms with Crippen molar-refractivity contribution in [2.24, 2.45) is 5.41 Å². The van der Waals surface area contributed by atoms with Crippen molar-refractivity contribution in [2.75, 3.05) is 0 Å². The second-order valence-corrected chi connectivity index (χ2v) is 9.13. The second-order valence-electron chi connectivity index (χ2n) is 7.07. The van der Waals surface area contributed by atoms with Gasteiger partial charge in [-0.05, 0) is 0 Å². The van der Waals surface area contributed by atoms with E-state index < -0.39 is 32.3 Å². The van der Waals surface area contributed by atoms with Gasteiger partial charge in [0.25, 0.3) is 0 Å². The molecule has 2 unspecified atom stereocenters. The second kappa shape index (κ2) is 9.00. The Hall–Kier alpha value is -4.02. The summed E-state index contributed by atoms with van der Waals surface area (Å²) in [5.74, 6) is -0.244. The third-order valence-corrected chi connectivity index (χ3v) is 7.48. The average molecular weight is 487 g/mol. The molecule has 1 aliphatic rings. The van der Waals surface area contributed by atoms with E-state index in [1.165, 1.54) is 12.5 Å². The number of benzene rings is 1. The maximum atomic E-state index is 12.7. The van der Waals surface area contributed by atoms with Crippen molar-refractivity contribution in [1.82, 2.24) is 5.32 Å². The van der Waals surface area contributed by atoms with E-state index in [4.69, 9.17) is 8.83 Å². The average Bonchev–Trinajstić information content (AvgIpc) is 3.56. The Bertz CT molecular complexity index is 1250. The third kappa shape index (κ3) is 3.61. The Morgan fingerprint density at radius 1 is 0.969 bits per heavy atom. The van der Waals surface area contributed by atoms with Gasteiger partial charge in [-0.3, -0.25) is 0 Å². The molecule has 0 radical (unpaired) electrons. The summed E-state index contributed by atoms with van der Waals surface area (Å²) in [7, 11) is 0. The van der Waals surface area contributed by atoms with Crippen molar-refractivity contribution in [3.63, 3.8) is 0 Å². The molecule has 0 amide bonds. The Morgan fingerprint density at radius 2 is 1.62 bits per heavy atom. The molecule has 8 heteroatoms. The zero-order valence-electron chi connectivity index (χ0n) is 16.7. The molecule has 2 aromatic heterocycles. The van der Waals surface area contributed by atoms with Gasteiger partial charge in [-0.2, -0.15) is 0 Å². The topological polar surface area (TPSA) is 127 Å². The zero-order valence-corrected chi connectivity index (χ0v) is 18.4. The van der Waals surface area contributed by atoms with Gasteiger partial charge in [0.15, 0.2) is 0 Å². The van der Waals surface area contributed by atoms with Gasteiger partial charge in [0.1, 0.15) is 0 Å². The molecule has 1 aromatic carbocycles. The van der Waals surface area contributed by atoms with Crippen LogP contribution in [-0.2, 0) is 0 Å². The summed E-state index contributed by atoms with van der Waals surface area (Å²) in [5, 5.41) is 33.8. The van der Waals surface area contributed by atoms with Crippen molar-refractivity contribution < 1.29 is 13.6 Å². The Kier molecular flexibility index (Phi) is 5.97. The number of carbonyl (C=O) groups excluding carboxylic acids is 1. The Labute approximate surface area is 190 Å². The Morgan fingerprint density at radius 3 is 2.19 bits per heavy atom. The summed E-state index contributed by atoms with van der Waals surface area (Å²) in [6.45, 7) is 0. The van der Waals surface area contributed by atoms with Crippen LogP contribution in [0.15, 0.2) is 86.1 Å². The van der Waals surface area contributed by atoms with E-state index >= 15 is 0 Å². The van der Waals surface area contributed by atoms with E-state index in [2.05, 4.69) is 23.5 Å². The van der Waals surface area contributed by atoms with Gasteiger partial charge >= 0.3 is 191 Å². The van der Waals surface area contributed by atoms with Crippen LogP contribution in [0.25, 0.3) is 0 Å². The van der Waals surface area contributed by atoms with E-state index in [1.54, 1.807) is 48.5 Å². The first-order valence-corrected chi connectivity index (χ1v) is 11.7. The van der Waals surface area contributed by atoms with Crippen molar-refractivity contribution in [1.29, 1.82) is 15.8 Å². The van der Waals surface area contributed by atoms with Crippen LogP contribution in [-0.4, -0.2) is 20.7 Å². The molecule has 7 nitrogen and oxygen atoms in total. The van der Waals surface area contributed by atoms with Crippen LogP contribution in [0.2, 0.25) is 5.32 Å². The van der Waals surface area contributed by atoms with Gasteiger partial charge in [-0.25, -0.2) is 0 Å². The third-order valence-electron chi connectivity index (χ3n) is 5.31. The number of nitriles is 3. The van der Waals surface area contributed by atoms with Crippen LogP contribution >= 0.6 is 0 Å². The molecule has 0 aliphatic carbocycles. The molecule has 0 bridgehead atoms. The molecule has 1 aliphatic heterocycles. The first-order valence-electron chi connectivity index (χ1n) is 9.65. The van der Waals surface area contributed by atoms with E-state index in [0.717, 1.165) is 0 Å². The van der Waals surface area contributed by atoms with Crippen molar-refractivity contribution in [3.8, 4) is 18.2 Å². The summed E-state index contributed by atoms with van der Waals surface area (Å²) in [5.41, 5.74) is -0.867. The molecule has 32 heavy (non-hydrogen) atoms. The van der Waals surface area contributed by atoms with Gasteiger partial charge < -0.3 is 0 Å². The number of furan rings is 2. The molecule has 0 saturated heterocycles. The van der Waals surface area contributed by atoms with Gasteiger partial charge in [0.2, 0.25) is 0 Å². The maximum absolute atomic E-state index is 12.7. The first-order chi connectivity index (χ1) is 15.6. The molecular weight excluding hydrogens is 471 g/mol. The summed E-state index contributed by atoms with van der Waals surface area (Å²) in [6.07, 6.45) is 2.91. The van der Waals surface area contributed by atoms with Crippen molar-refractivity contribution in [2.45, 2.75) is 17.3 Å². The predicted molar refractivity (Wildman–Crippen MR) is 114 cm³/mol. The standard InChI is InChI=1S/C24H16N4O3Se/c25-12-17-21(19-8-4-10-30-19)24(14-26,15-27)22(20-9-5-11-31-20)28-23(17)32-13-18(29)16-6-2-1-3-7-16/h1-11,21-22,28H,13H2. The van der Waals surface area contributed by atoms with Gasteiger partial charge in [-0.15, -0.1) is 0 Å². The van der Waals surface area contributed by atoms with E-state index in [9.17, 15) is 20.6 Å². The number of nitrogens with zero attached hydrogens (tertiary/aromatic N) is 3. The number of hydrogen-bond donors (Lipinski definition) is 1. The molecule has 4 rings (SSSR count). The van der Waals surface area contributed by atoms with E-state index in [-0.39, 0.29) is 16.7 Å². The predicted octanol–water partition coefficient (Wildman–Crippen LogP) is 4.07. The number of Topliss-reactive ketones (excluding diaryl/α,β-unsaturated/α-hetero) is 1. The summed E-state index contributed by atoms with van der Waals surface area (Å²) >= 11 is -0.454. The molecule has 0 saturated carbocycles. The molecule has 2 atom stereocenters. The van der Waals surface area contributed by atoms with Crippen LogP contribution in [0, 0.1) is 39.4 Å². The molecule has 1 N–H and O–H groups in total. The molecule has 156 valence electrons. The molecule has 3 heterocycles. The van der Waals surface area contributed by atoms with Crippen LogP contribution in [0.3, 0.4) is 0 Å². The SMILES string of the molecule is N#CC1=C([Se]CC(=O)c2ccccc2)NC(c2ccco2)C(C#N)(C#N)C1c1ccco1.